The van der Waals surface area contributed by atoms with Crippen molar-refractivity contribution in [2.24, 2.45) is 5.92 Å². The number of halogens is 2. The van der Waals surface area contributed by atoms with Gasteiger partial charge in [-0.1, -0.05) is 13.8 Å². The van der Waals surface area contributed by atoms with Crippen molar-refractivity contribution in [2.75, 3.05) is 46.4 Å². The van der Waals surface area contributed by atoms with Crippen molar-refractivity contribution in [1.82, 2.24) is 15.5 Å². The molecule has 0 bridgehead atoms. The zero-order valence-electron chi connectivity index (χ0n) is 13.4. The molecule has 1 saturated heterocycles. The molecule has 5 nitrogen and oxygen atoms in total. The molecular formula is C14H31Cl2N3O2. The second kappa shape index (κ2) is 13.6. The van der Waals surface area contributed by atoms with Crippen LogP contribution in [0.1, 0.15) is 26.7 Å². The SMILES string of the molecule is CNCCCC(=O)NCC(C(C)C)N1CCOCC1.Cl.Cl. The van der Waals surface area contributed by atoms with Gasteiger partial charge < -0.3 is 15.4 Å². The van der Waals surface area contributed by atoms with Gasteiger partial charge in [-0.2, -0.15) is 0 Å². The van der Waals surface area contributed by atoms with Crippen molar-refractivity contribution < 1.29 is 9.53 Å². The van der Waals surface area contributed by atoms with E-state index in [4.69, 9.17) is 4.74 Å². The summed E-state index contributed by atoms with van der Waals surface area (Å²) in [5.74, 6) is 0.699. The summed E-state index contributed by atoms with van der Waals surface area (Å²) in [4.78, 5) is 14.2. The zero-order valence-corrected chi connectivity index (χ0v) is 15.0. The molecular weight excluding hydrogens is 313 g/mol. The molecule has 0 aromatic rings. The van der Waals surface area contributed by atoms with Gasteiger partial charge in [-0.3, -0.25) is 9.69 Å². The molecule has 1 aliphatic rings. The van der Waals surface area contributed by atoms with Crippen LogP contribution in [0.4, 0.5) is 0 Å². The maximum atomic E-state index is 11.7. The standard InChI is InChI=1S/C14H29N3O2.2ClH/c1-12(2)13(17-7-9-19-10-8-17)11-16-14(18)5-4-6-15-3;;/h12-13,15H,4-11H2,1-3H3,(H,16,18);2*1H. The minimum absolute atomic E-state index is 0. The van der Waals surface area contributed by atoms with Crippen LogP contribution in [0.2, 0.25) is 0 Å². The van der Waals surface area contributed by atoms with E-state index in [0.717, 1.165) is 45.8 Å². The van der Waals surface area contributed by atoms with Gasteiger partial charge in [0.1, 0.15) is 0 Å². The molecule has 128 valence electrons. The molecule has 2 N–H and O–H groups in total. The molecule has 1 amide bonds. The minimum atomic E-state index is 0. The van der Waals surface area contributed by atoms with Gasteiger partial charge >= 0.3 is 0 Å². The van der Waals surface area contributed by atoms with Crippen LogP contribution >= 0.6 is 24.8 Å². The summed E-state index contributed by atoms with van der Waals surface area (Å²) < 4.78 is 5.38. The molecule has 1 fully saturated rings. The van der Waals surface area contributed by atoms with Crippen molar-refractivity contribution in [3.05, 3.63) is 0 Å². The topological polar surface area (TPSA) is 53.6 Å². The fourth-order valence-electron chi connectivity index (χ4n) is 2.43. The first-order chi connectivity index (χ1) is 9.15. The number of carbonyl (C=O) groups excluding carboxylic acids is 1. The van der Waals surface area contributed by atoms with Crippen LogP contribution in [0.25, 0.3) is 0 Å². The Balaban J connectivity index is 0. The van der Waals surface area contributed by atoms with E-state index in [9.17, 15) is 4.79 Å². The number of hydrogen-bond donors (Lipinski definition) is 2. The van der Waals surface area contributed by atoms with Gasteiger partial charge in [0.05, 0.1) is 13.2 Å². The lowest BCUT2D eigenvalue weighted by atomic mass is 10.0. The van der Waals surface area contributed by atoms with Gasteiger partial charge in [-0.25, -0.2) is 0 Å². The predicted molar refractivity (Wildman–Crippen MR) is 91.7 cm³/mol. The Morgan fingerprint density at radius 3 is 2.38 bits per heavy atom. The van der Waals surface area contributed by atoms with Gasteiger partial charge in [-0.15, -0.1) is 24.8 Å². The Labute approximate surface area is 141 Å². The van der Waals surface area contributed by atoms with Gasteiger partial charge in [0, 0.05) is 32.1 Å². The Kier molecular flexibility index (Phi) is 15.0. The number of morpholine rings is 1. The number of ether oxygens (including phenoxy) is 1. The summed E-state index contributed by atoms with van der Waals surface area (Å²) in [5, 5.41) is 6.13. The second-order valence-electron chi connectivity index (χ2n) is 5.47. The highest BCUT2D eigenvalue weighted by atomic mass is 35.5. The third kappa shape index (κ3) is 9.53. The average molecular weight is 344 g/mol. The zero-order chi connectivity index (χ0) is 14.1. The van der Waals surface area contributed by atoms with E-state index in [1.165, 1.54) is 0 Å². The first-order valence-corrected chi connectivity index (χ1v) is 7.38. The molecule has 1 unspecified atom stereocenters. The van der Waals surface area contributed by atoms with E-state index >= 15 is 0 Å². The van der Waals surface area contributed by atoms with Crippen LogP contribution in [0.3, 0.4) is 0 Å². The van der Waals surface area contributed by atoms with E-state index in [1.807, 2.05) is 7.05 Å². The van der Waals surface area contributed by atoms with Gasteiger partial charge in [0.2, 0.25) is 5.91 Å². The summed E-state index contributed by atoms with van der Waals surface area (Å²) in [5.41, 5.74) is 0. The third-order valence-electron chi connectivity index (χ3n) is 3.62. The summed E-state index contributed by atoms with van der Waals surface area (Å²) in [6.07, 6.45) is 1.50. The van der Waals surface area contributed by atoms with Crippen molar-refractivity contribution in [3.8, 4) is 0 Å². The normalized spacial score (nSPS) is 16.8. The van der Waals surface area contributed by atoms with Gasteiger partial charge in [0.25, 0.3) is 0 Å². The second-order valence-corrected chi connectivity index (χ2v) is 5.47. The van der Waals surface area contributed by atoms with Gasteiger partial charge in [0.15, 0.2) is 0 Å². The third-order valence-corrected chi connectivity index (χ3v) is 3.62. The Morgan fingerprint density at radius 1 is 1.24 bits per heavy atom. The summed E-state index contributed by atoms with van der Waals surface area (Å²) in [6, 6.07) is 0.414. The highest BCUT2D eigenvalue weighted by Crippen LogP contribution is 2.12. The number of rotatable bonds is 8. The van der Waals surface area contributed by atoms with Crippen LogP contribution < -0.4 is 10.6 Å². The van der Waals surface area contributed by atoms with E-state index < -0.39 is 0 Å². The Hall–Kier alpha value is -0.0700. The van der Waals surface area contributed by atoms with Crippen molar-refractivity contribution >= 4 is 30.7 Å². The van der Waals surface area contributed by atoms with Crippen molar-refractivity contribution in [2.45, 2.75) is 32.7 Å². The summed E-state index contributed by atoms with van der Waals surface area (Å²) in [7, 11) is 1.91. The lowest BCUT2D eigenvalue weighted by Crippen LogP contribution is -2.51. The number of nitrogens with zero attached hydrogens (tertiary/aromatic N) is 1. The first kappa shape index (κ1) is 23.2. The fraction of sp³-hybridized carbons (Fsp3) is 0.929. The maximum Gasteiger partial charge on any atom is 0.220 e. The molecule has 0 radical (unpaired) electrons. The molecule has 0 saturated carbocycles. The smallest absolute Gasteiger partial charge is 0.220 e. The molecule has 0 aromatic carbocycles. The number of nitrogens with one attached hydrogen (secondary N) is 2. The predicted octanol–water partition coefficient (Wildman–Crippen LogP) is 1.30. The number of hydrogen-bond acceptors (Lipinski definition) is 4. The summed E-state index contributed by atoms with van der Waals surface area (Å²) in [6.45, 7) is 9.62. The van der Waals surface area contributed by atoms with Crippen LogP contribution in [-0.4, -0.2) is 63.3 Å². The first-order valence-electron chi connectivity index (χ1n) is 7.38. The lowest BCUT2D eigenvalue weighted by molar-refractivity contribution is -0.121. The molecule has 1 heterocycles. The van der Waals surface area contributed by atoms with E-state index in [-0.39, 0.29) is 30.7 Å². The van der Waals surface area contributed by atoms with E-state index in [1.54, 1.807) is 0 Å². The van der Waals surface area contributed by atoms with Crippen molar-refractivity contribution in [1.29, 1.82) is 0 Å². The Morgan fingerprint density at radius 2 is 1.86 bits per heavy atom. The minimum Gasteiger partial charge on any atom is -0.379 e. The molecule has 1 rings (SSSR count). The van der Waals surface area contributed by atoms with E-state index in [0.29, 0.717) is 18.4 Å². The number of carbonyl (C=O) groups is 1. The molecule has 7 heteroatoms. The van der Waals surface area contributed by atoms with Crippen LogP contribution in [0.5, 0.6) is 0 Å². The molecule has 1 aliphatic heterocycles. The highest BCUT2D eigenvalue weighted by Gasteiger charge is 2.23. The Bertz CT molecular complexity index is 263. The molecule has 0 spiro atoms. The molecule has 0 aromatic heterocycles. The lowest BCUT2D eigenvalue weighted by Gasteiger charge is -2.36. The van der Waals surface area contributed by atoms with Crippen molar-refractivity contribution in [3.63, 3.8) is 0 Å². The van der Waals surface area contributed by atoms with Crippen LogP contribution in [0.15, 0.2) is 0 Å². The van der Waals surface area contributed by atoms with E-state index in [2.05, 4.69) is 29.4 Å². The monoisotopic (exact) mass is 343 g/mol. The molecule has 1 atom stereocenters. The number of amides is 1. The fourth-order valence-corrected chi connectivity index (χ4v) is 2.43. The van der Waals surface area contributed by atoms with Crippen LogP contribution in [0, 0.1) is 5.92 Å². The largest absolute Gasteiger partial charge is 0.379 e. The highest BCUT2D eigenvalue weighted by molar-refractivity contribution is 5.85. The quantitative estimate of drug-likeness (QED) is 0.652. The van der Waals surface area contributed by atoms with Crippen LogP contribution in [-0.2, 0) is 9.53 Å². The summed E-state index contributed by atoms with van der Waals surface area (Å²) >= 11 is 0. The van der Waals surface area contributed by atoms with Gasteiger partial charge in [-0.05, 0) is 25.9 Å². The maximum absolute atomic E-state index is 11.7. The molecule has 0 aliphatic carbocycles. The average Bonchev–Trinajstić information content (AvgIpc) is 2.40. The molecule has 21 heavy (non-hydrogen) atoms.